The highest BCUT2D eigenvalue weighted by molar-refractivity contribution is 5.32. The molecule has 0 radical (unpaired) electrons. The minimum absolute atomic E-state index is 0.347. The molecule has 0 aliphatic heterocycles. The van der Waals surface area contributed by atoms with Crippen molar-refractivity contribution in [2.75, 3.05) is 27.3 Å². The molecule has 1 fully saturated rings. The molecule has 2 unspecified atom stereocenters. The van der Waals surface area contributed by atoms with Gasteiger partial charge >= 0.3 is 0 Å². The standard InChI is InChI=1S/C17H27NO3/c1-13(14-8-9-14)18(2)10-16(19)12-21-11-15-6-4-5-7-17(15)20-3/h4-7,13-14,16,19H,8-12H2,1-3H3. The molecule has 21 heavy (non-hydrogen) atoms. The number of ether oxygens (including phenoxy) is 2. The first-order valence-electron chi connectivity index (χ1n) is 7.69. The van der Waals surface area contributed by atoms with E-state index in [9.17, 15) is 5.11 Å². The first kappa shape index (κ1) is 16.3. The van der Waals surface area contributed by atoms with Gasteiger partial charge in [-0.25, -0.2) is 0 Å². The molecule has 1 saturated carbocycles. The van der Waals surface area contributed by atoms with Gasteiger partial charge in [0.25, 0.3) is 0 Å². The smallest absolute Gasteiger partial charge is 0.124 e. The molecule has 0 saturated heterocycles. The van der Waals surface area contributed by atoms with Crippen LogP contribution in [0.15, 0.2) is 24.3 Å². The Morgan fingerprint density at radius 1 is 1.33 bits per heavy atom. The summed E-state index contributed by atoms with van der Waals surface area (Å²) >= 11 is 0. The van der Waals surface area contributed by atoms with Gasteiger partial charge in [0, 0.05) is 18.2 Å². The van der Waals surface area contributed by atoms with Crippen LogP contribution < -0.4 is 4.74 Å². The summed E-state index contributed by atoms with van der Waals surface area (Å²) in [6.45, 7) is 3.70. The van der Waals surface area contributed by atoms with Gasteiger partial charge in [0.05, 0.1) is 26.4 Å². The van der Waals surface area contributed by atoms with E-state index >= 15 is 0 Å². The van der Waals surface area contributed by atoms with Crippen molar-refractivity contribution in [3.05, 3.63) is 29.8 Å². The quantitative estimate of drug-likeness (QED) is 0.758. The van der Waals surface area contributed by atoms with Gasteiger partial charge in [-0.05, 0) is 38.8 Å². The zero-order valence-electron chi connectivity index (χ0n) is 13.3. The van der Waals surface area contributed by atoms with Gasteiger partial charge in [-0.3, -0.25) is 0 Å². The molecule has 1 aliphatic rings. The summed E-state index contributed by atoms with van der Waals surface area (Å²) in [5.74, 6) is 1.64. The predicted octanol–water partition coefficient (Wildman–Crippen LogP) is 2.30. The highest BCUT2D eigenvalue weighted by Crippen LogP contribution is 2.34. The number of hydrogen-bond donors (Lipinski definition) is 1. The van der Waals surface area contributed by atoms with Crippen molar-refractivity contribution in [3.63, 3.8) is 0 Å². The topological polar surface area (TPSA) is 41.9 Å². The molecule has 0 aromatic heterocycles. The van der Waals surface area contributed by atoms with Crippen molar-refractivity contribution in [2.45, 2.75) is 38.5 Å². The second kappa shape index (κ2) is 7.78. The third-order valence-electron chi connectivity index (χ3n) is 4.26. The summed E-state index contributed by atoms with van der Waals surface area (Å²) in [6.07, 6.45) is 2.20. The van der Waals surface area contributed by atoms with E-state index in [1.54, 1.807) is 7.11 Å². The van der Waals surface area contributed by atoms with Gasteiger partial charge in [0.15, 0.2) is 0 Å². The minimum atomic E-state index is -0.453. The summed E-state index contributed by atoms with van der Waals surface area (Å²) in [5.41, 5.74) is 1.01. The molecule has 1 aromatic carbocycles. The molecule has 0 bridgehead atoms. The van der Waals surface area contributed by atoms with E-state index in [4.69, 9.17) is 9.47 Å². The molecule has 0 spiro atoms. The van der Waals surface area contributed by atoms with Gasteiger partial charge in [0.2, 0.25) is 0 Å². The van der Waals surface area contributed by atoms with Crippen LogP contribution in [0.5, 0.6) is 5.75 Å². The summed E-state index contributed by atoms with van der Waals surface area (Å²) in [6, 6.07) is 8.34. The third kappa shape index (κ3) is 4.99. The summed E-state index contributed by atoms with van der Waals surface area (Å²) in [5, 5.41) is 10.1. The van der Waals surface area contributed by atoms with Crippen molar-refractivity contribution in [1.29, 1.82) is 0 Å². The number of aliphatic hydroxyl groups excluding tert-OH is 1. The molecule has 0 heterocycles. The molecule has 118 valence electrons. The van der Waals surface area contributed by atoms with Gasteiger partial charge in [0.1, 0.15) is 5.75 Å². The van der Waals surface area contributed by atoms with Crippen molar-refractivity contribution in [2.24, 2.45) is 5.92 Å². The van der Waals surface area contributed by atoms with E-state index in [0.29, 0.717) is 25.8 Å². The van der Waals surface area contributed by atoms with Crippen LogP contribution in [0.4, 0.5) is 0 Å². The van der Waals surface area contributed by atoms with Crippen LogP contribution in [0.1, 0.15) is 25.3 Å². The zero-order valence-corrected chi connectivity index (χ0v) is 13.3. The van der Waals surface area contributed by atoms with E-state index in [-0.39, 0.29) is 0 Å². The zero-order chi connectivity index (χ0) is 15.2. The normalized spacial score (nSPS) is 17.8. The SMILES string of the molecule is COc1ccccc1COCC(O)CN(C)C(C)C1CC1. The lowest BCUT2D eigenvalue weighted by molar-refractivity contribution is 0.00685. The largest absolute Gasteiger partial charge is 0.496 e. The first-order valence-corrected chi connectivity index (χ1v) is 7.69. The third-order valence-corrected chi connectivity index (χ3v) is 4.26. The number of para-hydroxylation sites is 1. The van der Waals surface area contributed by atoms with E-state index in [0.717, 1.165) is 17.2 Å². The molecule has 2 rings (SSSR count). The molecular formula is C17H27NO3. The second-order valence-electron chi connectivity index (χ2n) is 6.00. The van der Waals surface area contributed by atoms with Crippen molar-refractivity contribution in [1.82, 2.24) is 4.90 Å². The van der Waals surface area contributed by atoms with E-state index in [2.05, 4.69) is 18.9 Å². The minimum Gasteiger partial charge on any atom is -0.496 e. The summed E-state index contributed by atoms with van der Waals surface area (Å²) in [4.78, 5) is 2.23. The van der Waals surface area contributed by atoms with Crippen LogP contribution in [0.25, 0.3) is 0 Å². The monoisotopic (exact) mass is 293 g/mol. The van der Waals surface area contributed by atoms with Crippen LogP contribution in [0.3, 0.4) is 0 Å². The van der Waals surface area contributed by atoms with Crippen molar-refractivity contribution in [3.8, 4) is 5.75 Å². The van der Waals surface area contributed by atoms with E-state index in [1.807, 2.05) is 24.3 Å². The van der Waals surface area contributed by atoms with Crippen LogP contribution in [0, 0.1) is 5.92 Å². The number of aliphatic hydroxyl groups is 1. The number of likely N-dealkylation sites (N-methyl/N-ethyl adjacent to an activating group) is 1. The Balaban J connectivity index is 1.70. The maximum atomic E-state index is 10.1. The van der Waals surface area contributed by atoms with Crippen LogP contribution in [-0.4, -0.2) is 49.5 Å². The highest BCUT2D eigenvalue weighted by Gasteiger charge is 2.30. The molecule has 4 nitrogen and oxygen atoms in total. The molecular weight excluding hydrogens is 266 g/mol. The van der Waals surface area contributed by atoms with Crippen LogP contribution in [-0.2, 0) is 11.3 Å². The van der Waals surface area contributed by atoms with E-state index in [1.165, 1.54) is 12.8 Å². The maximum Gasteiger partial charge on any atom is 0.124 e. The predicted molar refractivity (Wildman–Crippen MR) is 83.5 cm³/mol. The second-order valence-corrected chi connectivity index (χ2v) is 6.00. The van der Waals surface area contributed by atoms with Crippen molar-refractivity contribution < 1.29 is 14.6 Å². The Kier molecular flexibility index (Phi) is 6.03. The van der Waals surface area contributed by atoms with Crippen LogP contribution >= 0.6 is 0 Å². The Morgan fingerprint density at radius 2 is 2.05 bits per heavy atom. The fraction of sp³-hybridized carbons (Fsp3) is 0.647. The fourth-order valence-electron chi connectivity index (χ4n) is 2.62. The van der Waals surface area contributed by atoms with Crippen LogP contribution in [0.2, 0.25) is 0 Å². The number of benzene rings is 1. The average molecular weight is 293 g/mol. The molecule has 2 atom stereocenters. The lowest BCUT2D eigenvalue weighted by Gasteiger charge is -2.26. The molecule has 1 N–H and O–H groups in total. The summed E-state index contributed by atoms with van der Waals surface area (Å²) < 4.78 is 10.9. The Bertz CT molecular complexity index is 434. The number of methoxy groups -OCH3 is 1. The number of rotatable bonds is 9. The van der Waals surface area contributed by atoms with E-state index < -0.39 is 6.10 Å². The molecule has 4 heteroatoms. The number of hydrogen-bond acceptors (Lipinski definition) is 4. The molecule has 0 amide bonds. The summed E-state index contributed by atoms with van der Waals surface area (Å²) in [7, 11) is 3.73. The Labute approximate surface area is 127 Å². The fourth-order valence-corrected chi connectivity index (χ4v) is 2.62. The lowest BCUT2D eigenvalue weighted by Crippen LogP contribution is -2.38. The Morgan fingerprint density at radius 3 is 2.71 bits per heavy atom. The van der Waals surface area contributed by atoms with Gasteiger partial charge < -0.3 is 19.5 Å². The number of nitrogens with zero attached hydrogens (tertiary/aromatic N) is 1. The van der Waals surface area contributed by atoms with Crippen molar-refractivity contribution >= 4 is 0 Å². The first-order chi connectivity index (χ1) is 10.1. The lowest BCUT2D eigenvalue weighted by atomic mass is 10.2. The maximum absolute atomic E-state index is 10.1. The highest BCUT2D eigenvalue weighted by atomic mass is 16.5. The van der Waals surface area contributed by atoms with Gasteiger partial charge in [-0.1, -0.05) is 18.2 Å². The van der Waals surface area contributed by atoms with Gasteiger partial charge in [-0.15, -0.1) is 0 Å². The molecule has 1 aliphatic carbocycles. The molecule has 1 aromatic rings. The average Bonchev–Trinajstić information content (AvgIpc) is 3.31. The van der Waals surface area contributed by atoms with Gasteiger partial charge in [-0.2, -0.15) is 0 Å². The Hall–Kier alpha value is -1.10.